The highest BCUT2D eigenvalue weighted by molar-refractivity contribution is 6.89. The second-order valence-corrected chi connectivity index (χ2v) is 10.6. The molecule has 0 aliphatic heterocycles. The summed E-state index contributed by atoms with van der Waals surface area (Å²) in [6.45, 7) is 7.24. The molecule has 0 saturated carbocycles. The summed E-state index contributed by atoms with van der Waals surface area (Å²) in [7, 11) is -1.23. The summed E-state index contributed by atoms with van der Waals surface area (Å²) in [5, 5.41) is 1.59. The fourth-order valence-corrected chi connectivity index (χ4v) is 3.95. The van der Waals surface area contributed by atoms with Crippen LogP contribution in [0, 0.1) is 0 Å². The van der Waals surface area contributed by atoms with Crippen molar-refractivity contribution in [3.05, 3.63) is 65.7 Å². The van der Waals surface area contributed by atoms with Gasteiger partial charge in [0.25, 0.3) is 0 Å². The molecule has 0 fully saturated rings. The molecule has 0 spiro atoms. The molecule has 88 valence electrons. The zero-order valence-electron chi connectivity index (χ0n) is 10.9. The predicted octanol–water partition coefficient (Wildman–Crippen LogP) is 3.82. The van der Waals surface area contributed by atoms with Crippen molar-refractivity contribution in [1.82, 2.24) is 0 Å². The van der Waals surface area contributed by atoms with Gasteiger partial charge in [0.1, 0.15) is 0 Å². The maximum atomic E-state index is 2.41. The predicted molar refractivity (Wildman–Crippen MR) is 78.7 cm³/mol. The molecular weight excluding hydrogens is 220 g/mol. The van der Waals surface area contributed by atoms with Crippen LogP contribution in [-0.4, -0.2) is 8.07 Å². The Morgan fingerprint density at radius 1 is 0.765 bits per heavy atom. The second-order valence-electron chi connectivity index (χ2n) is 5.57. The molecule has 0 atom stereocenters. The zero-order valence-corrected chi connectivity index (χ0v) is 11.9. The topological polar surface area (TPSA) is 0 Å². The summed E-state index contributed by atoms with van der Waals surface area (Å²) in [6.07, 6.45) is 1.06. The van der Waals surface area contributed by atoms with E-state index in [1.165, 1.54) is 11.1 Å². The lowest BCUT2D eigenvalue weighted by Gasteiger charge is -2.21. The molecule has 0 aliphatic carbocycles. The van der Waals surface area contributed by atoms with Gasteiger partial charge in [0.05, 0.1) is 8.07 Å². The first-order valence-electron chi connectivity index (χ1n) is 6.20. The largest absolute Gasteiger partial charge is 0.0779 e. The smallest absolute Gasteiger partial charge is 0.0656 e. The summed E-state index contributed by atoms with van der Waals surface area (Å²) in [4.78, 5) is 0. The summed E-state index contributed by atoms with van der Waals surface area (Å²) >= 11 is 0. The standard InChI is InChI=1S/C16H20Si/c1-17(2,3)16-12-8-7-11-15(16)13-14-9-5-4-6-10-14/h4-12H,13H2,1-3H3. The highest BCUT2D eigenvalue weighted by Gasteiger charge is 2.19. The molecule has 0 amide bonds. The molecule has 0 aliphatic rings. The highest BCUT2D eigenvalue weighted by atomic mass is 28.3. The normalized spacial score (nSPS) is 11.5. The van der Waals surface area contributed by atoms with Crippen molar-refractivity contribution in [2.24, 2.45) is 0 Å². The Bertz CT molecular complexity index is 480. The van der Waals surface area contributed by atoms with E-state index in [0.717, 1.165) is 6.42 Å². The van der Waals surface area contributed by atoms with Crippen molar-refractivity contribution in [3.8, 4) is 0 Å². The van der Waals surface area contributed by atoms with Crippen LogP contribution in [0.1, 0.15) is 11.1 Å². The number of hydrogen-bond acceptors (Lipinski definition) is 0. The Morgan fingerprint density at radius 2 is 1.35 bits per heavy atom. The average Bonchev–Trinajstić information content (AvgIpc) is 2.30. The first kappa shape index (κ1) is 12.1. The van der Waals surface area contributed by atoms with Gasteiger partial charge in [-0.25, -0.2) is 0 Å². The van der Waals surface area contributed by atoms with Gasteiger partial charge < -0.3 is 0 Å². The van der Waals surface area contributed by atoms with E-state index in [1.807, 2.05) is 0 Å². The number of hydrogen-bond donors (Lipinski definition) is 0. The molecule has 1 heteroatoms. The minimum atomic E-state index is -1.23. The van der Waals surface area contributed by atoms with Crippen LogP contribution in [0.25, 0.3) is 0 Å². The van der Waals surface area contributed by atoms with Crippen molar-refractivity contribution in [3.63, 3.8) is 0 Å². The third kappa shape index (κ3) is 3.07. The van der Waals surface area contributed by atoms with Crippen molar-refractivity contribution in [1.29, 1.82) is 0 Å². The first-order valence-corrected chi connectivity index (χ1v) is 9.70. The molecule has 0 radical (unpaired) electrons. The summed E-state index contributed by atoms with van der Waals surface area (Å²) in [5.41, 5.74) is 2.90. The van der Waals surface area contributed by atoms with E-state index in [1.54, 1.807) is 5.19 Å². The van der Waals surface area contributed by atoms with E-state index in [2.05, 4.69) is 74.2 Å². The van der Waals surface area contributed by atoms with E-state index in [-0.39, 0.29) is 0 Å². The monoisotopic (exact) mass is 240 g/mol. The molecule has 0 heterocycles. The van der Waals surface area contributed by atoms with Crippen molar-refractivity contribution in [2.45, 2.75) is 26.1 Å². The molecule has 0 N–H and O–H groups in total. The molecule has 0 saturated heterocycles. The van der Waals surface area contributed by atoms with E-state index in [9.17, 15) is 0 Å². The Hall–Kier alpha value is -1.34. The quantitative estimate of drug-likeness (QED) is 0.715. The Balaban J connectivity index is 2.34. The first-order chi connectivity index (χ1) is 8.07. The minimum absolute atomic E-state index is 1.06. The Morgan fingerprint density at radius 3 is 2.00 bits per heavy atom. The van der Waals surface area contributed by atoms with Crippen LogP contribution in [0.15, 0.2) is 54.6 Å². The van der Waals surface area contributed by atoms with Gasteiger partial charge in [-0.3, -0.25) is 0 Å². The molecular formula is C16H20Si. The molecule has 2 aromatic rings. The fourth-order valence-electron chi connectivity index (χ4n) is 2.22. The van der Waals surface area contributed by atoms with Crippen LogP contribution in [0.4, 0.5) is 0 Å². The van der Waals surface area contributed by atoms with Crippen molar-refractivity contribution < 1.29 is 0 Å². The average molecular weight is 240 g/mol. The third-order valence-electron chi connectivity index (χ3n) is 3.06. The van der Waals surface area contributed by atoms with Crippen LogP contribution >= 0.6 is 0 Å². The van der Waals surface area contributed by atoms with E-state index >= 15 is 0 Å². The van der Waals surface area contributed by atoms with Crippen LogP contribution in [0.3, 0.4) is 0 Å². The van der Waals surface area contributed by atoms with Gasteiger partial charge in [0.2, 0.25) is 0 Å². The van der Waals surface area contributed by atoms with Gasteiger partial charge in [-0.1, -0.05) is 79.4 Å². The molecule has 2 aromatic carbocycles. The van der Waals surface area contributed by atoms with Crippen molar-refractivity contribution >= 4 is 13.3 Å². The minimum Gasteiger partial charge on any atom is -0.0656 e. The lowest BCUT2D eigenvalue weighted by Crippen LogP contribution is -2.40. The van der Waals surface area contributed by atoms with E-state index < -0.39 is 8.07 Å². The maximum absolute atomic E-state index is 2.41. The Kier molecular flexibility index (Phi) is 3.48. The van der Waals surface area contributed by atoms with Crippen LogP contribution in [-0.2, 0) is 6.42 Å². The summed E-state index contributed by atoms with van der Waals surface area (Å²) in [5.74, 6) is 0. The molecule has 17 heavy (non-hydrogen) atoms. The third-order valence-corrected chi connectivity index (χ3v) is 5.17. The van der Waals surface area contributed by atoms with Gasteiger partial charge in [-0.15, -0.1) is 0 Å². The maximum Gasteiger partial charge on any atom is 0.0779 e. The van der Waals surface area contributed by atoms with Crippen LogP contribution in [0.5, 0.6) is 0 Å². The molecule has 0 aromatic heterocycles. The fraction of sp³-hybridized carbons (Fsp3) is 0.250. The van der Waals surface area contributed by atoms with E-state index in [0.29, 0.717) is 0 Å². The molecule has 0 nitrogen and oxygen atoms in total. The number of rotatable bonds is 3. The van der Waals surface area contributed by atoms with Crippen LogP contribution in [0.2, 0.25) is 19.6 Å². The van der Waals surface area contributed by atoms with Gasteiger partial charge in [0, 0.05) is 0 Å². The number of benzene rings is 2. The van der Waals surface area contributed by atoms with Gasteiger partial charge in [-0.2, -0.15) is 0 Å². The molecule has 0 bridgehead atoms. The van der Waals surface area contributed by atoms with Gasteiger partial charge in [0.15, 0.2) is 0 Å². The van der Waals surface area contributed by atoms with Crippen LogP contribution < -0.4 is 5.19 Å². The van der Waals surface area contributed by atoms with Gasteiger partial charge in [-0.05, 0) is 17.5 Å². The summed E-state index contributed by atoms with van der Waals surface area (Å²) < 4.78 is 0. The zero-order chi connectivity index (χ0) is 12.3. The Labute approximate surface area is 105 Å². The molecule has 0 unspecified atom stereocenters. The highest BCUT2D eigenvalue weighted by Crippen LogP contribution is 2.12. The van der Waals surface area contributed by atoms with E-state index in [4.69, 9.17) is 0 Å². The SMILES string of the molecule is C[Si](C)(C)c1ccccc1Cc1ccccc1. The lowest BCUT2D eigenvalue weighted by molar-refractivity contribution is 1.20. The lowest BCUT2D eigenvalue weighted by atomic mass is 10.1. The second kappa shape index (κ2) is 4.88. The summed E-state index contributed by atoms with van der Waals surface area (Å²) in [6, 6.07) is 19.6. The van der Waals surface area contributed by atoms with Crippen molar-refractivity contribution in [2.75, 3.05) is 0 Å². The van der Waals surface area contributed by atoms with Gasteiger partial charge >= 0.3 is 0 Å². The molecule has 2 rings (SSSR count).